The van der Waals surface area contributed by atoms with E-state index < -0.39 is 0 Å². The van der Waals surface area contributed by atoms with E-state index in [0.717, 1.165) is 38.2 Å². The molecule has 1 heterocycles. The first kappa shape index (κ1) is 14.7. The van der Waals surface area contributed by atoms with Gasteiger partial charge >= 0.3 is 0 Å². The average molecular weight is 276 g/mol. The van der Waals surface area contributed by atoms with Crippen molar-refractivity contribution in [2.75, 3.05) is 24.8 Å². The molecule has 5 heteroatoms. The summed E-state index contributed by atoms with van der Waals surface area (Å²) in [6.45, 7) is 4.67. The molecule has 0 amide bonds. The SMILES string of the molecule is CCCc1ncncc1CN(CCCl)CCCl. The molecule has 0 radical (unpaired) electrons. The lowest BCUT2D eigenvalue weighted by molar-refractivity contribution is 0.297. The van der Waals surface area contributed by atoms with Crippen LogP contribution in [-0.4, -0.2) is 39.7 Å². The molecule has 96 valence electrons. The second-order valence-corrected chi connectivity index (χ2v) is 4.65. The Labute approximate surface area is 113 Å². The Morgan fingerprint density at radius 3 is 2.53 bits per heavy atom. The number of halogens is 2. The number of alkyl halides is 2. The van der Waals surface area contributed by atoms with Crippen molar-refractivity contribution in [1.82, 2.24) is 14.9 Å². The Hall–Kier alpha value is -0.380. The molecule has 0 atom stereocenters. The van der Waals surface area contributed by atoms with Crippen LogP contribution in [0.4, 0.5) is 0 Å². The molecular formula is C12H19Cl2N3. The van der Waals surface area contributed by atoms with Crippen LogP contribution in [0.2, 0.25) is 0 Å². The minimum Gasteiger partial charge on any atom is -0.297 e. The maximum atomic E-state index is 5.78. The van der Waals surface area contributed by atoms with Gasteiger partial charge in [0, 0.05) is 48.8 Å². The van der Waals surface area contributed by atoms with Gasteiger partial charge in [-0.3, -0.25) is 4.90 Å². The first-order chi connectivity index (χ1) is 8.31. The lowest BCUT2D eigenvalue weighted by Crippen LogP contribution is -2.28. The number of nitrogens with zero attached hydrogens (tertiary/aromatic N) is 3. The molecule has 1 aromatic rings. The van der Waals surface area contributed by atoms with E-state index in [-0.39, 0.29) is 0 Å². The van der Waals surface area contributed by atoms with Crippen LogP contribution in [0.5, 0.6) is 0 Å². The zero-order valence-electron chi connectivity index (χ0n) is 10.2. The molecule has 0 saturated heterocycles. The largest absolute Gasteiger partial charge is 0.297 e. The predicted molar refractivity (Wildman–Crippen MR) is 72.7 cm³/mol. The third-order valence-corrected chi connectivity index (χ3v) is 2.90. The normalized spacial score (nSPS) is 11.1. The number of rotatable bonds is 8. The van der Waals surface area contributed by atoms with Crippen LogP contribution in [0.15, 0.2) is 12.5 Å². The second-order valence-electron chi connectivity index (χ2n) is 3.90. The summed E-state index contributed by atoms with van der Waals surface area (Å²) in [5, 5.41) is 0. The summed E-state index contributed by atoms with van der Waals surface area (Å²) in [7, 11) is 0. The molecule has 0 unspecified atom stereocenters. The first-order valence-corrected chi connectivity index (χ1v) is 7.00. The smallest absolute Gasteiger partial charge is 0.115 e. The van der Waals surface area contributed by atoms with Crippen LogP contribution in [-0.2, 0) is 13.0 Å². The van der Waals surface area contributed by atoms with Crippen LogP contribution in [0.1, 0.15) is 24.6 Å². The van der Waals surface area contributed by atoms with Gasteiger partial charge in [0.15, 0.2) is 0 Å². The molecule has 0 saturated carbocycles. The molecule has 0 bridgehead atoms. The van der Waals surface area contributed by atoms with Gasteiger partial charge in [-0.1, -0.05) is 13.3 Å². The Balaban J connectivity index is 2.69. The van der Waals surface area contributed by atoms with Crippen molar-refractivity contribution < 1.29 is 0 Å². The van der Waals surface area contributed by atoms with Crippen LogP contribution < -0.4 is 0 Å². The maximum absolute atomic E-state index is 5.78. The summed E-state index contributed by atoms with van der Waals surface area (Å²) in [6, 6.07) is 0. The summed E-state index contributed by atoms with van der Waals surface area (Å²) in [5.41, 5.74) is 2.32. The Morgan fingerprint density at radius 1 is 1.24 bits per heavy atom. The van der Waals surface area contributed by atoms with Gasteiger partial charge in [0.2, 0.25) is 0 Å². The average Bonchev–Trinajstić information content (AvgIpc) is 2.33. The van der Waals surface area contributed by atoms with Crippen molar-refractivity contribution in [3.63, 3.8) is 0 Å². The van der Waals surface area contributed by atoms with Gasteiger partial charge in [0.05, 0.1) is 0 Å². The van der Waals surface area contributed by atoms with Crippen molar-refractivity contribution in [2.45, 2.75) is 26.3 Å². The first-order valence-electron chi connectivity index (χ1n) is 5.93. The third kappa shape index (κ3) is 5.19. The molecule has 0 aliphatic heterocycles. The zero-order valence-corrected chi connectivity index (χ0v) is 11.7. The molecule has 0 fully saturated rings. The van der Waals surface area contributed by atoms with Crippen molar-refractivity contribution >= 4 is 23.2 Å². The molecule has 0 aliphatic carbocycles. The highest BCUT2D eigenvalue weighted by molar-refractivity contribution is 6.18. The van der Waals surface area contributed by atoms with E-state index in [1.165, 1.54) is 5.56 Å². The van der Waals surface area contributed by atoms with E-state index >= 15 is 0 Å². The molecule has 17 heavy (non-hydrogen) atoms. The topological polar surface area (TPSA) is 29.0 Å². The number of hydrogen-bond acceptors (Lipinski definition) is 3. The highest BCUT2D eigenvalue weighted by Gasteiger charge is 2.09. The molecule has 3 nitrogen and oxygen atoms in total. The molecule has 0 aliphatic rings. The molecule has 0 spiro atoms. The van der Waals surface area contributed by atoms with E-state index in [9.17, 15) is 0 Å². The zero-order chi connectivity index (χ0) is 12.5. The summed E-state index contributed by atoms with van der Waals surface area (Å²) >= 11 is 11.6. The van der Waals surface area contributed by atoms with E-state index in [1.807, 2.05) is 6.20 Å². The Morgan fingerprint density at radius 2 is 1.94 bits per heavy atom. The fraction of sp³-hybridized carbons (Fsp3) is 0.667. The van der Waals surface area contributed by atoms with Gasteiger partial charge in [-0.25, -0.2) is 9.97 Å². The molecule has 0 aromatic carbocycles. The van der Waals surface area contributed by atoms with Gasteiger partial charge in [0.1, 0.15) is 6.33 Å². The lowest BCUT2D eigenvalue weighted by Gasteiger charge is -2.20. The van der Waals surface area contributed by atoms with Gasteiger partial charge in [-0.15, -0.1) is 23.2 Å². The van der Waals surface area contributed by atoms with Crippen molar-refractivity contribution in [2.24, 2.45) is 0 Å². The van der Waals surface area contributed by atoms with E-state index in [0.29, 0.717) is 11.8 Å². The summed E-state index contributed by atoms with van der Waals surface area (Å²) in [4.78, 5) is 10.7. The summed E-state index contributed by atoms with van der Waals surface area (Å²) in [5.74, 6) is 1.24. The molecule has 1 rings (SSSR count). The third-order valence-electron chi connectivity index (χ3n) is 2.56. The lowest BCUT2D eigenvalue weighted by atomic mass is 10.1. The summed E-state index contributed by atoms with van der Waals surface area (Å²) in [6.07, 6.45) is 5.60. The molecule has 1 aromatic heterocycles. The number of aryl methyl sites for hydroxylation is 1. The molecule has 0 N–H and O–H groups in total. The van der Waals surface area contributed by atoms with E-state index in [2.05, 4.69) is 21.8 Å². The van der Waals surface area contributed by atoms with Crippen LogP contribution in [0, 0.1) is 0 Å². The van der Waals surface area contributed by atoms with Gasteiger partial charge < -0.3 is 0 Å². The van der Waals surface area contributed by atoms with Gasteiger partial charge in [-0.05, 0) is 6.42 Å². The van der Waals surface area contributed by atoms with Gasteiger partial charge in [-0.2, -0.15) is 0 Å². The van der Waals surface area contributed by atoms with Crippen molar-refractivity contribution in [3.05, 3.63) is 23.8 Å². The van der Waals surface area contributed by atoms with Crippen LogP contribution >= 0.6 is 23.2 Å². The fourth-order valence-electron chi connectivity index (χ4n) is 1.73. The minimum absolute atomic E-state index is 0.619. The fourth-order valence-corrected chi connectivity index (χ4v) is 2.21. The van der Waals surface area contributed by atoms with Crippen LogP contribution in [0.3, 0.4) is 0 Å². The predicted octanol–water partition coefficient (Wildman–Crippen LogP) is 2.71. The van der Waals surface area contributed by atoms with Crippen molar-refractivity contribution in [1.29, 1.82) is 0 Å². The highest BCUT2D eigenvalue weighted by Crippen LogP contribution is 2.10. The quantitative estimate of drug-likeness (QED) is 0.684. The van der Waals surface area contributed by atoms with E-state index in [4.69, 9.17) is 23.2 Å². The van der Waals surface area contributed by atoms with Crippen molar-refractivity contribution in [3.8, 4) is 0 Å². The standard InChI is InChI=1S/C12H19Cl2N3/c1-2-3-12-11(8-15-10-16-12)9-17(6-4-13)7-5-14/h8,10H,2-7,9H2,1H3. The van der Waals surface area contributed by atoms with E-state index in [1.54, 1.807) is 6.33 Å². The molecular weight excluding hydrogens is 257 g/mol. The minimum atomic E-state index is 0.619. The summed E-state index contributed by atoms with van der Waals surface area (Å²) < 4.78 is 0. The highest BCUT2D eigenvalue weighted by atomic mass is 35.5. The Bertz CT molecular complexity index is 314. The maximum Gasteiger partial charge on any atom is 0.115 e. The van der Waals surface area contributed by atoms with Gasteiger partial charge in [0.25, 0.3) is 0 Å². The number of aromatic nitrogens is 2. The number of hydrogen-bond donors (Lipinski definition) is 0. The second kappa shape index (κ2) is 8.67. The monoisotopic (exact) mass is 275 g/mol. The Kier molecular flexibility index (Phi) is 7.49. The van der Waals surface area contributed by atoms with Crippen LogP contribution in [0.25, 0.3) is 0 Å².